The van der Waals surface area contributed by atoms with E-state index in [1.165, 1.54) is 11.1 Å². The van der Waals surface area contributed by atoms with Crippen LogP contribution in [0.1, 0.15) is 23.7 Å². The van der Waals surface area contributed by atoms with Gasteiger partial charge in [-0.25, -0.2) is 4.79 Å². The average molecular weight is 367 g/mol. The third-order valence-corrected chi connectivity index (χ3v) is 5.02. The number of benzene rings is 1. The number of urea groups is 1. The Bertz CT molecular complexity index is 714. The second-order valence-corrected chi connectivity index (χ2v) is 6.84. The molecule has 1 aromatic heterocycles. The van der Waals surface area contributed by atoms with Gasteiger partial charge in [0.2, 0.25) is 0 Å². The first-order valence-electron chi connectivity index (χ1n) is 9.67. The number of nitrogens with one attached hydrogen (secondary N) is 2. The van der Waals surface area contributed by atoms with Gasteiger partial charge in [-0.3, -0.25) is 9.88 Å². The van der Waals surface area contributed by atoms with Gasteiger partial charge in [0.25, 0.3) is 0 Å². The number of hydrogen-bond donors (Lipinski definition) is 2. The maximum absolute atomic E-state index is 12.1. The molecule has 0 bridgehead atoms. The number of rotatable bonds is 7. The highest BCUT2D eigenvalue weighted by Crippen LogP contribution is 2.13. The number of aromatic nitrogens is 1. The van der Waals surface area contributed by atoms with Crippen molar-refractivity contribution >= 4 is 6.03 Å². The fourth-order valence-corrected chi connectivity index (χ4v) is 3.30. The first-order chi connectivity index (χ1) is 13.2. The predicted octanol–water partition coefficient (Wildman–Crippen LogP) is 2.22. The monoisotopic (exact) mass is 367 g/mol. The zero-order valence-corrected chi connectivity index (χ0v) is 16.0. The van der Waals surface area contributed by atoms with Crippen LogP contribution in [0.25, 0.3) is 0 Å². The SMILES string of the molecule is CCN1CCN(Cc2ccccc2CNC(=O)NCc2ccccn2)CC1. The van der Waals surface area contributed by atoms with Gasteiger partial charge in [-0.15, -0.1) is 0 Å². The minimum atomic E-state index is -0.174. The standard InChI is InChI=1S/C21H29N5O/c1-2-25-11-13-26(14-12-25)17-19-8-4-3-7-18(19)15-23-21(27)24-16-20-9-5-6-10-22-20/h3-10H,2,11-17H2,1H3,(H2,23,24,27). The molecule has 1 aromatic carbocycles. The Morgan fingerprint density at radius 2 is 1.59 bits per heavy atom. The molecule has 6 nitrogen and oxygen atoms in total. The lowest BCUT2D eigenvalue weighted by atomic mass is 10.1. The fraction of sp³-hybridized carbons (Fsp3) is 0.429. The van der Waals surface area contributed by atoms with Crippen LogP contribution in [0.15, 0.2) is 48.7 Å². The van der Waals surface area contributed by atoms with Gasteiger partial charge in [0, 0.05) is 45.5 Å². The molecule has 1 saturated heterocycles. The van der Waals surface area contributed by atoms with Crippen LogP contribution in [-0.2, 0) is 19.6 Å². The van der Waals surface area contributed by atoms with Gasteiger partial charge in [-0.05, 0) is 29.8 Å². The summed E-state index contributed by atoms with van der Waals surface area (Å²) in [4.78, 5) is 21.3. The van der Waals surface area contributed by atoms with Crippen LogP contribution in [0.5, 0.6) is 0 Å². The Balaban J connectivity index is 1.48. The van der Waals surface area contributed by atoms with Crippen LogP contribution >= 0.6 is 0 Å². The van der Waals surface area contributed by atoms with E-state index in [4.69, 9.17) is 0 Å². The molecule has 0 unspecified atom stereocenters. The Labute approximate surface area is 161 Å². The van der Waals surface area contributed by atoms with Crippen LogP contribution in [-0.4, -0.2) is 53.5 Å². The molecule has 0 spiro atoms. The van der Waals surface area contributed by atoms with Gasteiger partial charge in [-0.2, -0.15) is 0 Å². The molecule has 0 aliphatic carbocycles. The Morgan fingerprint density at radius 3 is 2.30 bits per heavy atom. The highest BCUT2D eigenvalue weighted by atomic mass is 16.2. The molecule has 6 heteroatoms. The number of piperazine rings is 1. The molecule has 0 atom stereocenters. The molecule has 1 aliphatic heterocycles. The molecular formula is C21H29N5O. The quantitative estimate of drug-likeness (QED) is 0.788. The molecular weight excluding hydrogens is 338 g/mol. The van der Waals surface area contributed by atoms with Crippen molar-refractivity contribution in [3.05, 3.63) is 65.5 Å². The van der Waals surface area contributed by atoms with E-state index < -0.39 is 0 Å². The summed E-state index contributed by atoms with van der Waals surface area (Å²) in [7, 11) is 0. The number of hydrogen-bond acceptors (Lipinski definition) is 4. The summed E-state index contributed by atoms with van der Waals surface area (Å²) >= 11 is 0. The Kier molecular flexibility index (Phi) is 7.19. The number of amides is 2. The number of carbonyl (C=O) groups is 1. The molecule has 1 fully saturated rings. The van der Waals surface area contributed by atoms with Crippen molar-refractivity contribution in [1.82, 2.24) is 25.4 Å². The molecule has 2 amide bonds. The smallest absolute Gasteiger partial charge is 0.315 e. The summed E-state index contributed by atoms with van der Waals surface area (Å²) in [6.45, 7) is 9.69. The van der Waals surface area contributed by atoms with Gasteiger partial charge in [0.1, 0.15) is 0 Å². The number of nitrogens with zero attached hydrogens (tertiary/aromatic N) is 3. The molecule has 0 saturated carbocycles. The minimum Gasteiger partial charge on any atom is -0.334 e. The molecule has 2 aromatic rings. The normalized spacial score (nSPS) is 15.4. The Morgan fingerprint density at radius 1 is 0.926 bits per heavy atom. The summed E-state index contributed by atoms with van der Waals surface area (Å²) in [6.07, 6.45) is 1.73. The molecule has 2 heterocycles. The van der Waals surface area contributed by atoms with Crippen LogP contribution in [0, 0.1) is 0 Å². The highest BCUT2D eigenvalue weighted by Gasteiger charge is 2.16. The van der Waals surface area contributed by atoms with Crippen molar-refractivity contribution in [2.45, 2.75) is 26.6 Å². The largest absolute Gasteiger partial charge is 0.334 e. The first-order valence-corrected chi connectivity index (χ1v) is 9.67. The summed E-state index contributed by atoms with van der Waals surface area (Å²) in [6, 6.07) is 13.9. The van der Waals surface area contributed by atoms with Gasteiger partial charge in [0.05, 0.1) is 12.2 Å². The Hall–Kier alpha value is -2.44. The zero-order valence-electron chi connectivity index (χ0n) is 16.0. The number of likely N-dealkylation sites (N-methyl/N-ethyl adjacent to an activating group) is 1. The van der Waals surface area contributed by atoms with Crippen molar-refractivity contribution in [2.24, 2.45) is 0 Å². The van der Waals surface area contributed by atoms with Gasteiger partial charge in [0.15, 0.2) is 0 Å². The van der Waals surface area contributed by atoms with Crippen LogP contribution in [0.2, 0.25) is 0 Å². The zero-order chi connectivity index (χ0) is 18.9. The summed E-state index contributed by atoms with van der Waals surface area (Å²) in [5.74, 6) is 0. The van der Waals surface area contributed by atoms with E-state index in [2.05, 4.69) is 50.5 Å². The van der Waals surface area contributed by atoms with Gasteiger partial charge < -0.3 is 15.5 Å². The van der Waals surface area contributed by atoms with E-state index in [-0.39, 0.29) is 6.03 Å². The molecule has 144 valence electrons. The predicted molar refractivity (Wildman–Crippen MR) is 107 cm³/mol. The highest BCUT2D eigenvalue weighted by molar-refractivity contribution is 5.73. The summed E-state index contributed by atoms with van der Waals surface area (Å²) in [5, 5.41) is 5.81. The van der Waals surface area contributed by atoms with E-state index >= 15 is 0 Å². The van der Waals surface area contributed by atoms with E-state index in [0.717, 1.165) is 45.0 Å². The third-order valence-electron chi connectivity index (χ3n) is 5.02. The second-order valence-electron chi connectivity index (χ2n) is 6.84. The van der Waals surface area contributed by atoms with Crippen molar-refractivity contribution in [2.75, 3.05) is 32.7 Å². The number of carbonyl (C=O) groups excluding carboxylic acids is 1. The lowest BCUT2D eigenvalue weighted by Gasteiger charge is -2.34. The van der Waals surface area contributed by atoms with E-state index in [1.54, 1.807) is 6.20 Å². The third kappa shape index (κ3) is 6.05. The van der Waals surface area contributed by atoms with Crippen molar-refractivity contribution in [3.8, 4) is 0 Å². The van der Waals surface area contributed by atoms with Crippen molar-refractivity contribution < 1.29 is 4.79 Å². The van der Waals surface area contributed by atoms with Crippen LogP contribution in [0.3, 0.4) is 0 Å². The van der Waals surface area contributed by atoms with E-state index in [0.29, 0.717) is 13.1 Å². The molecule has 2 N–H and O–H groups in total. The fourth-order valence-electron chi connectivity index (χ4n) is 3.30. The molecule has 0 radical (unpaired) electrons. The summed E-state index contributed by atoms with van der Waals surface area (Å²) in [5.41, 5.74) is 3.30. The lowest BCUT2D eigenvalue weighted by Crippen LogP contribution is -2.45. The van der Waals surface area contributed by atoms with E-state index in [9.17, 15) is 4.79 Å². The first kappa shape index (κ1) is 19.3. The van der Waals surface area contributed by atoms with Gasteiger partial charge in [-0.1, -0.05) is 37.3 Å². The number of pyridine rings is 1. The maximum atomic E-state index is 12.1. The summed E-state index contributed by atoms with van der Waals surface area (Å²) < 4.78 is 0. The van der Waals surface area contributed by atoms with Crippen molar-refractivity contribution in [1.29, 1.82) is 0 Å². The maximum Gasteiger partial charge on any atom is 0.315 e. The van der Waals surface area contributed by atoms with Crippen molar-refractivity contribution in [3.63, 3.8) is 0 Å². The van der Waals surface area contributed by atoms with E-state index in [1.807, 2.05) is 24.3 Å². The molecule has 3 rings (SSSR count). The molecule has 27 heavy (non-hydrogen) atoms. The average Bonchev–Trinajstić information content (AvgIpc) is 2.73. The van der Waals surface area contributed by atoms with Gasteiger partial charge >= 0.3 is 6.03 Å². The van der Waals surface area contributed by atoms with Crippen LogP contribution < -0.4 is 10.6 Å². The topological polar surface area (TPSA) is 60.5 Å². The van der Waals surface area contributed by atoms with Crippen LogP contribution in [0.4, 0.5) is 4.79 Å². The lowest BCUT2D eigenvalue weighted by molar-refractivity contribution is 0.131. The second kappa shape index (κ2) is 10.0. The molecule has 1 aliphatic rings. The minimum absolute atomic E-state index is 0.174.